The molecule has 1 rings (SSSR count). The minimum atomic E-state index is -1.22. The molecule has 9 nitrogen and oxygen atoms in total. The summed E-state index contributed by atoms with van der Waals surface area (Å²) in [7, 11) is 4.74. The smallest absolute Gasteiger partial charge is 0.331 e. The lowest BCUT2D eigenvalue weighted by atomic mass is 10.1. The maximum atomic E-state index is 11.6. The summed E-state index contributed by atoms with van der Waals surface area (Å²) in [4.78, 5) is 35.3. The van der Waals surface area contributed by atoms with Gasteiger partial charge < -0.3 is 20.6 Å². The average Bonchev–Trinajstić information content (AvgIpc) is 2.78. The number of carboxylic acids is 1. The fourth-order valence-electron chi connectivity index (χ4n) is 1.37. The molecule has 3 N–H and O–H groups in total. The molecule has 1 aromatic heterocycles. The Kier molecular flexibility index (Phi) is 5.07. The summed E-state index contributed by atoms with van der Waals surface area (Å²) in [5.41, 5.74) is 0.342. The van der Waals surface area contributed by atoms with E-state index in [1.165, 1.54) is 22.0 Å². The van der Waals surface area contributed by atoms with E-state index in [2.05, 4.69) is 15.7 Å². The van der Waals surface area contributed by atoms with Gasteiger partial charge in [-0.2, -0.15) is 5.10 Å². The zero-order valence-corrected chi connectivity index (χ0v) is 11.5. The Morgan fingerprint density at radius 3 is 2.55 bits per heavy atom. The third-order valence-electron chi connectivity index (χ3n) is 2.48. The highest BCUT2D eigenvalue weighted by Gasteiger charge is 2.23. The lowest BCUT2D eigenvalue weighted by molar-refractivity contribution is -0.139. The summed E-state index contributed by atoms with van der Waals surface area (Å²) < 4.78 is 1.43. The van der Waals surface area contributed by atoms with Crippen LogP contribution in [0, 0.1) is 0 Å². The fraction of sp³-hybridized carbons (Fsp3) is 0.455. The van der Waals surface area contributed by atoms with Gasteiger partial charge in [0.1, 0.15) is 0 Å². The number of carbonyl (C=O) groups is 3. The molecule has 1 unspecified atom stereocenters. The van der Waals surface area contributed by atoms with Gasteiger partial charge in [-0.15, -0.1) is 0 Å². The Morgan fingerprint density at radius 1 is 1.45 bits per heavy atom. The SMILES string of the molecule is CN(C)C(=O)CNC(=O)NC(C(=O)O)c1cnn(C)c1. The minimum Gasteiger partial charge on any atom is -0.479 e. The third-order valence-corrected chi connectivity index (χ3v) is 2.48. The Labute approximate surface area is 115 Å². The van der Waals surface area contributed by atoms with Crippen LogP contribution in [0.15, 0.2) is 12.4 Å². The molecule has 0 aromatic carbocycles. The van der Waals surface area contributed by atoms with Crippen LogP contribution in [0.5, 0.6) is 0 Å². The molecule has 1 heterocycles. The second-order valence-corrected chi connectivity index (χ2v) is 4.33. The predicted molar refractivity (Wildman–Crippen MR) is 68.8 cm³/mol. The number of nitrogens with one attached hydrogen (secondary N) is 2. The van der Waals surface area contributed by atoms with E-state index in [0.29, 0.717) is 5.56 Å². The maximum Gasteiger partial charge on any atom is 0.331 e. The maximum absolute atomic E-state index is 11.6. The molecule has 20 heavy (non-hydrogen) atoms. The first-order valence-corrected chi connectivity index (χ1v) is 5.77. The third kappa shape index (κ3) is 4.26. The van der Waals surface area contributed by atoms with E-state index in [9.17, 15) is 14.4 Å². The van der Waals surface area contributed by atoms with Gasteiger partial charge in [0, 0.05) is 32.9 Å². The lowest BCUT2D eigenvalue weighted by Crippen LogP contribution is -2.44. The number of aryl methyl sites for hydroxylation is 1. The van der Waals surface area contributed by atoms with Gasteiger partial charge in [-0.05, 0) is 0 Å². The van der Waals surface area contributed by atoms with Crippen molar-refractivity contribution >= 4 is 17.9 Å². The second-order valence-electron chi connectivity index (χ2n) is 4.33. The number of hydrogen-bond acceptors (Lipinski definition) is 4. The normalized spacial score (nSPS) is 11.6. The van der Waals surface area contributed by atoms with E-state index in [0.717, 1.165) is 0 Å². The van der Waals surface area contributed by atoms with Crippen molar-refractivity contribution in [1.29, 1.82) is 0 Å². The first-order valence-electron chi connectivity index (χ1n) is 5.77. The number of amides is 3. The number of rotatable bonds is 5. The number of hydrogen-bond donors (Lipinski definition) is 3. The molecule has 3 amide bonds. The summed E-state index contributed by atoms with van der Waals surface area (Å²) >= 11 is 0. The van der Waals surface area contributed by atoms with Crippen molar-refractivity contribution in [1.82, 2.24) is 25.3 Å². The first-order chi connectivity index (χ1) is 9.31. The van der Waals surface area contributed by atoms with Gasteiger partial charge in [0.25, 0.3) is 0 Å². The number of aliphatic carboxylic acids is 1. The van der Waals surface area contributed by atoms with E-state index in [1.54, 1.807) is 21.1 Å². The quantitative estimate of drug-likeness (QED) is 0.636. The molecule has 0 aliphatic heterocycles. The number of aromatic nitrogens is 2. The summed E-state index contributed by atoms with van der Waals surface area (Å²) in [5, 5.41) is 17.5. The van der Waals surface area contributed by atoms with Gasteiger partial charge in [-0.3, -0.25) is 9.48 Å². The van der Waals surface area contributed by atoms with Gasteiger partial charge >= 0.3 is 12.0 Å². The Morgan fingerprint density at radius 2 is 2.10 bits per heavy atom. The Hall–Kier alpha value is -2.58. The second kappa shape index (κ2) is 6.55. The van der Waals surface area contributed by atoms with E-state index in [1.807, 2.05) is 0 Å². The molecule has 0 saturated carbocycles. The van der Waals surface area contributed by atoms with E-state index < -0.39 is 18.0 Å². The number of carboxylic acid groups (broad SMARTS) is 1. The van der Waals surface area contributed by atoms with Crippen molar-refractivity contribution in [3.8, 4) is 0 Å². The predicted octanol–water partition coefficient (Wildman–Crippen LogP) is -1.07. The molecule has 9 heteroatoms. The highest BCUT2D eigenvalue weighted by Crippen LogP contribution is 2.11. The van der Waals surface area contributed by atoms with Crippen LogP contribution in [-0.2, 0) is 16.6 Å². The van der Waals surface area contributed by atoms with E-state index >= 15 is 0 Å². The van der Waals surface area contributed by atoms with Crippen LogP contribution in [0.3, 0.4) is 0 Å². The summed E-state index contributed by atoms with van der Waals surface area (Å²) in [6, 6.07) is -1.96. The molecule has 110 valence electrons. The van der Waals surface area contributed by atoms with Crippen LogP contribution >= 0.6 is 0 Å². The Bertz CT molecular complexity index is 511. The van der Waals surface area contributed by atoms with Crippen LogP contribution in [0.1, 0.15) is 11.6 Å². The highest BCUT2D eigenvalue weighted by molar-refractivity contribution is 5.86. The first kappa shape index (κ1) is 15.5. The van der Waals surface area contributed by atoms with Gasteiger partial charge in [-0.25, -0.2) is 9.59 Å². The zero-order chi connectivity index (χ0) is 15.3. The molecule has 0 spiro atoms. The van der Waals surface area contributed by atoms with Crippen LogP contribution in [0.2, 0.25) is 0 Å². The van der Waals surface area contributed by atoms with Crippen LogP contribution in [-0.4, -0.2) is 58.3 Å². The molecular weight excluding hydrogens is 266 g/mol. The molecular formula is C11H17N5O4. The molecule has 1 aromatic rings. The number of likely N-dealkylation sites (N-methyl/N-ethyl adjacent to an activating group) is 1. The van der Waals surface area contributed by atoms with Crippen molar-refractivity contribution < 1.29 is 19.5 Å². The standard InChI is InChI=1S/C11H17N5O4/c1-15(2)8(17)5-12-11(20)14-9(10(18)19)7-4-13-16(3)6-7/h4,6,9H,5H2,1-3H3,(H,18,19)(H2,12,14,20). The average molecular weight is 283 g/mol. The molecule has 1 atom stereocenters. The van der Waals surface area contributed by atoms with E-state index in [4.69, 9.17) is 5.11 Å². The lowest BCUT2D eigenvalue weighted by Gasteiger charge is -2.15. The van der Waals surface area contributed by atoms with Gasteiger partial charge in [0.15, 0.2) is 6.04 Å². The molecule has 0 radical (unpaired) electrons. The van der Waals surface area contributed by atoms with Gasteiger partial charge in [0.05, 0.1) is 12.7 Å². The largest absolute Gasteiger partial charge is 0.479 e. The van der Waals surface area contributed by atoms with Crippen molar-refractivity contribution in [3.63, 3.8) is 0 Å². The summed E-state index contributed by atoms with van der Waals surface area (Å²) in [6.45, 7) is -0.210. The van der Waals surface area contributed by atoms with Crippen molar-refractivity contribution in [2.75, 3.05) is 20.6 Å². The minimum absolute atomic E-state index is 0.210. The van der Waals surface area contributed by atoms with Crippen LogP contribution in [0.4, 0.5) is 4.79 Å². The number of nitrogens with zero attached hydrogens (tertiary/aromatic N) is 3. The monoisotopic (exact) mass is 283 g/mol. The molecule has 0 aliphatic carbocycles. The van der Waals surface area contributed by atoms with Crippen molar-refractivity contribution in [2.24, 2.45) is 7.05 Å². The molecule has 0 saturated heterocycles. The van der Waals surface area contributed by atoms with Gasteiger partial charge in [-0.1, -0.05) is 0 Å². The molecule has 0 fully saturated rings. The van der Waals surface area contributed by atoms with Crippen LogP contribution in [0.25, 0.3) is 0 Å². The Balaban J connectivity index is 2.61. The number of carbonyl (C=O) groups excluding carboxylic acids is 2. The highest BCUT2D eigenvalue weighted by atomic mass is 16.4. The fourth-order valence-corrected chi connectivity index (χ4v) is 1.37. The van der Waals surface area contributed by atoms with Crippen molar-refractivity contribution in [2.45, 2.75) is 6.04 Å². The van der Waals surface area contributed by atoms with Gasteiger partial charge in [0.2, 0.25) is 5.91 Å². The molecule has 0 aliphatic rings. The van der Waals surface area contributed by atoms with Crippen LogP contribution < -0.4 is 10.6 Å². The van der Waals surface area contributed by atoms with E-state index in [-0.39, 0.29) is 12.5 Å². The summed E-state index contributed by atoms with van der Waals surface area (Å²) in [6.07, 6.45) is 2.84. The zero-order valence-electron chi connectivity index (χ0n) is 11.5. The number of urea groups is 1. The molecule has 0 bridgehead atoms. The summed E-state index contributed by atoms with van der Waals surface area (Å²) in [5.74, 6) is -1.51. The topological polar surface area (TPSA) is 117 Å². The van der Waals surface area contributed by atoms with Crippen molar-refractivity contribution in [3.05, 3.63) is 18.0 Å².